The van der Waals surface area contributed by atoms with Crippen LogP contribution in [0, 0.1) is 5.92 Å². The van der Waals surface area contributed by atoms with Gasteiger partial charge < -0.3 is 24.6 Å². The molecule has 3 saturated heterocycles. The molecule has 1 aromatic heterocycles. The van der Waals surface area contributed by atoms with Crippen LogP contribution in [0.3, 0.4) is 0 Å². The van der Waals surface area contributed by atoms with Gasteiger partial charge in [-0.05, 0) is 55.9 Å². The first-order chi connectivity index (χ1) is 22.9. The van der Waals surface area contributed by atoms with Crippen LogP contribution in [0.2, 0.25) is 0 Å². The van der Waals surface area contributed by atoms with Crippen molar-refractivity contribution >= 4 is 23.2 Å². The van der Waals surface area contributed by atoms with E-state index in [0.717, 1.165) is 99.7 Å². The van der Waals surface area contributed by atoms with Gasteiger partial charge in [-0.25, -0.2) is 4.98 Å². The number of aliphatic imine (C=N–C) groups is 1. The van der Waals surface area contributed by atoms with Crippen LogP contribution in [0.5, 0.6) is 0 Å². The van der Waals surface area contributed by atoms with Gasteiger partial charge in [-0.2, -0.15) is 0 Å². The number of likely N-dealkylation sites (tertiary alicyclic amines) is 2. The Morgan fingerprint density at radius 2 is 1.45 bits per heavy atom. The number of allylic oxidation sites excluding steroid dienone is 1. The second-order valence-electron chi connectivity index (χ2n) is 13.8. The number of H-pyrrole nitrogens is 1. The van der Waals surface area contributed by atoms with Crippen LogP contribution in [0.1, 0.15) is 76.2 Å². The van der Waals surface area contributed by atoms with Gasteiger partial charge in [-0.1, -0.05) is 56.3 Å². The van der Waals surface area contributed by atoms with Crippen molar-refractivity contribution < 1.29 is 9.59 Å². The standard InChI is InChI=1S/C38H47N7O2/c1-26(2)37(46)44-17-7-11-34(44)32-23-31(24-39-32)43-21-19-42(20-22-43)30-15-13-29(14-16-30)33-25-40-36(41-33)35-12-8-18-45(35)38(47)27(3)28-9-5-4-6-10-28/h4-6,9-10,13-16,24-27,34-35H,7-8,11-12,17-23H2,1-3H3,(H,40,41)/t27-,34+,35+/m1/s1. The molecule has 0 saturated carbocycles. The molecule has 0 radical (unpaired) electrons. The minimum Gasteiger partial charge on any atom is -0.370 e. The number of carbonyl (C=O) groups is 2. The Labute approximate surface area is 278 Å². The quantitative estimate of drug-likeness (QED) is 0.329. The van der Waals surface area contributed by atoms with Crippen molar-refractivity contribution in [3.63, 3.8) is 0 Å². The molecular formula is C38H47N7O2. The van der Waals surface area contributed by atoms with Gasteiger partial charge in [0.05, 0.1) is 29.9 Å². The van der Waals surface area contributed by atoms with E-state index >= 15 is 0 Å². The normalized spacial score (nSPS) is 22.2. The Kier molecular flexibility index (Phi) is 8.88. The lowest BCUT2D eigenvalue weighted by Gasteiger charge is -2.38. The molecule has 2 amide bonds. The van der Waals surface area contributed by atoms with Crippen molar-refractivity contribution in [1.29, 1.82) is 0 Å². The molecule has 9 heteroatoms. The third-order valence-corrected chi connectivity index (χ3v) is 10.5. The molecule has 4 aliphatic rings. The van der Waals surface area contributed by atoms with Crippen LogP contribution in [0.15, 0.2) is 77.7 Å². The van der Waals surface area contributed by atoms with E-state index < -0.39 is 0 Å². The van der Waals surface area contributed by atoms with Gasteiger partial charge in [0.1, 0.15) is 5.82 Å². The molecule has 3 atom stereocenters. The highest BCUT2D eigenvalue weighted by atomic mass is 16.2. The average molecular weight is 634 g/mol. The van der Waals surface area contributed by atoms with Gasteiger partial charge in [0.25, 0.3) is 0 Å². The molecular weight excluding hydrogens is 586 g/mol. The summed E-state index contributed by atoms with van der Waals surface area (Å²) in [7, 11) is 0. The van der Waals surface area contributed by atoms with Gasteiger partial charge in [0, 0.05) is 74.9 Å². The van der Waals surface area contributed by atoms with E-state index in [0.29, 0.717) is 0 Å². The maximum Gasteiger partial charge on any atom is 0.230 e. The van der Waals surface area contributed by atoms with E-state index in [4.69, 9.17) is 9.98 Å². The third-order valence-electron chi connectivity index (χ3n) is 10.5. The Hall–Kier alpha value is -4.40. The van der Waals surface area contributed by atoms with Crippen LogP contribution in [0.4, 0.5) is 5.69 Å². The second kappa shape index (κ2) is 13.4. The molecule has 9 nitrogen and oxygen atoms in total. The highest BCUT2D eigenvalue weighted by molar-refractivity contribution is 5.97. The fourth-order valence-corrected chi connectivity index (χ4v) is 7.74. The molecule has 3 aromatic rings. The van der Waals surface area contributed by atoms with Gasteiger partial charge in [0.15, 0.2) is 0 Å². The number of nitrogens with one attached hydrogen (secondary N) is 1. The van der Waals surface area contributed by atoms with Gasteiger partial charge >= 0.3 is 0 Å². The van der Waals surface area contributed by atoms with Crippen molar-refractivity contribution in [1.82, 2.24) is 24.7 Å². The molecule has 7 rings (SSSR count). The summed E-state index contributed by atoms with van der Waals surface area (Å²) in [5, 5.41) is 0. The monoisotopic (exact) mass is 633 g/mol. The Morgan fingerprint density at radius 3 is 2.15 bits per heavy atom. The number of hydrogen-bond acceptors (Lipinski definition) is 6. The Bertz CT molecular complexity index is 1640. The first-order valence-electron chi connectivity index (χ1n) is 17.4. The van der Waals surface area contributed by atoms with Crippen LogP contribution >= 0.6 is 0 Å². The largest absolute Gasteiger partial charge is 0.370 e. The lowest BCUT2D eigenvalue weighted by Crippen LogP contribution is -2.46. The Morgan fingerprint density at radius 1 is 0.787 bits per heavy atom. The maximum absolute atomic E-state index is 13.5. The summed E-state index contributed by atoms with van der Waals surface area (Å²) in [6.45, 7) is 11.4. The number of hydrogen-bond donors (Lipinski definition) is 1. The number of piperazine rings is 1. The van der Waals surface area contributed by atoms with Gasteiger partial charge in [-0.3, -0.25) is 14.6 Å². The second-order valence-corrected chi connectivity index (χ2v) is 13.8. The Balaban J connectivity index is 0.929. The number of rotatable bonds is 8. The summed E-state index contributed by atoms with van der Waals surface area (Å²) in [5.41, 5.74) is 6.78. The predicted molar refractivity (Wildman–Crippen MR) is 186 cm³/mol. The van der Waals surface area contributed by atoms with Crippen LogP contribution in [-0.2, 0) is 9.59 Å². The lowest BCUT2D eigenvalue weighted by atomic mass is 9.99. The molecule has 0 spiro atoms. The smallest absolute Gasteiger partial charge is 0.230 e. The first kappa shape index (κ1) is 31.2. The molecule has 0 aliphatic carbocycles. The summed E-state index contributed by atoms with van der Waals surface area (Å²) >= 11 is 0. The fourth-order valence-electron chi connectivity index (χ4n) is 7.74. The highest BCUT2D eigenvalue weighted by Gasteiger charge is 2.36. The molecule has 3 fully saturated rings. The van der Waals surface area contributed by atoms with Crippen molar-refractivity contribution in [2.45, 2.75) is 70.9 Å². The van der Waals surface area contributed by atoms with Crippen molar-refractivity contribution in [3.8, 4) is 11.3 Å². The summed E-state index contributed by atoms with van der Waals surface area (Å²) < 4.78 is 0. The maximum atomic E-state index is 13.5. The zero-order valence-corrected chi connectivity index (χ0v) is 27.9. The van der Waals surface area contributed by atoms with Gasteiger partial charge in [-0.15, -0.1) is 0 Å². The number of aromatic nitrogens is 2. The topological polar surface area (TPSA) is 88.1 Å². The van der Waals surface area contributed by atoms with Crippen LogP contribution in [0.25, 0.3) is 11.3 Å². The van der Waals surface area contributed by atoms with E-state index in [1.54, 1.807) is 0 Å². The molecule has 2 aromatic carbocycles. The summed E-state index contributed by atoms with van der Waals surface area (Å²) in [5.74, 6) is 1.13. The zero-order chi connectivity index (χ0) is 32.5. The van der Waals surface area contributed by atoms with E-state index in [2.05, 4.69) is 43.9 Å². The number of carbonyl (C=O) groups excluding carboxylic acids is 2. The van der Waals surface area contributed by atoms with Crippen molar-refractivity contribution in [3.05, 3.63) is 84.1 Å². The third kappa shape index (κ3) is 6.32. The minimum atomic E-state index is -0.175. The number of anilines is 1. The van der Waals surface area contributed by atoms with Gasteiger partial charge in [0.2, 0.25) is 11.8 Å². The van der Waals surface area contributed by atoms with Crippen molar-refractivity contribution in [2.24, 2.45) is 10.9 Å². The molecule has 1 N–H and O–H groups in total. The van der Waals surface area contributed by atoms with E-state index in [1.165, 1.54) is 11.4 Å². The zero-order valence-electron chi connectivity index (χ0n) is 27.9. The van der Waals surface area contributed by atoms with Crippen LogP contribution in [-0.4, -0.2) is 87.5 Å². The number of benzene rings is 2. The highest BCUT2D eigenvalue weighted by Crippen LogP contribution is 2.35. The minimum absolute atomic E-state index is 0.0194. The summed E-state index contributed by atoms with van der Waals surface area (Å²) in [6, 6.07) is 18.9. The molecule has 4 aliphatic heterocycles. The van der Waals surface area contributed by atoms with Crippen molar-refractivity contribution in [2.75, 3.05) is 44.2 Å². The number of amides is 2. The van der Waals surface area contributed by atoms with E-state index in [1.807, 2.05) is 68.4 Å². The lowest BCUT2D eigenvalue weighted by molar-refractivity contribution is -0.134. The summed E-state index contributed by atoms with van der Waals surface area (Å²) in [4.78, 5) is 48.3. The average Bonchev–Trinajstić information content (AvgIpc) is 3.94. The molecule has 5 heterocycles. The number of nitrogens with zero attached hydrogens (tertiary/aromatic N) is 6. The molecule has 0 bridgehead atoms. The van der Waals surface area contributed by atoms with E-state index in [9.17, 15) is 9.59 Å². The first-order valence-corrected chi connectivity index (χ1v) is 17.4. The SMILES string of the molecule is CC(C)C(=O)N1CCC[C@H]1C1=NC=C(N2CCN(c3ccc(-c4cnc([C@@H]5CCCN5C(=O)[C@H](C)c5ccccc5)[nH]4)cc3)CC2)C1. The fraction of sp³-hybridized carbons (Fsp3) is 0.474. The number of imidazole rings is 1. The molecule has 0 unspecified atom stereocenters. The number of aromatic amines is 1. The molecule has 47 heavy (non-hydrogen) atoms. The van der Waals surface area contributed by atoms with E-state index in [-0.39, 0.29) is 35.7 Å². The summed E-state index contributed by atoms with van der Waals surface area (Å²) in [6.07, 6.45) is 8.79. The van der Waals surface area contributed by atoms with Crippen LogP contribution < -0.4 is 4.90 Å². The predicted octanol–water partition coefficient (Wildman–Crippen LogP) is 6.00. The molecule has 246 valence electrons.